The van der Waals surface area contributed by atoms with Crippen LogP contribution in [0.15, 0.2) is 10.8 Å². The molecule has 2 atom stereocenters. The average Bonchev–Trinajstić information content (AvgIpc) is 3.29. The van der Waals surface area contributed by atoms with Gasteiger partial charge >= 0.3 is 12.1 Å². The number of hydrogen-bond acceptors (Lipinski definition) is 5. The Morgan fingerprint density at radius 3 is 2.63 bits per heavy atom. The molecule has 7 nitrogen and oxygen atoms in total. The molecule has 0 radical (unpaired) electrons. The van der Waals surface area contributed by atoms with Gasteiger partial charge in [-0.25, -0.2) is 9.59 Å². The molecule has 3 saturated heterocycles. The van der Waals surface area contributed by atoms with E-state index in [-0.39, 0.29) is 30.3 Å². The molecular formula is C19H28N4O3S. The standard InChI is InChI=1S/C19H28N4O3S/c1-12(2)21-6-4-14(5-7-21)23-16-8-22(9-17(16)26-19(23)25)18(24)20-15-11-27-10-13(15)3/h10-12,14,16-17H,4-9H2,1-3H3,(H,20,24)/t16-,17+/m1/s1. The molecular weight excluding hydrogens is 364 g/mol. The number of fused-ring (bicyclic) bond motifs is 1. The van der Waals surface area contributed by atoms with Crippen LogP contribution in [0.25, 0.3) is 0 Å². The molecule has 27 heavy (non-hydrogen) atoms. The Balaban J connectivity index is 1.38. The molecule has 0 unspecified atom stereocenters. The smallest absolute Gasteiger partial charge is 0.410 e. The highest BCUT2D eigenvalue weighted by atomic mass is 32.1. The minimum Gasteiger partial charge on any atom is -0.442 e. The number of nitrogens with zero attached hydrogens (tertiary/aromatic N) is 3. The van der Waals surface area contributed by atoms with Crippen LogP contribution < -0.4 is 5.32 Å². The molecule has 148 valence electrons. The maximum atomic E-state index is 12.6. The van der Waals surface area contributed by atoms with E-state index in [2.05, 4.69) is 24.1 Å². The van der Waals surface area contributed by atoms with E-state index in [4.69, 9.17) is 4.74 Å². The van der Waals surface area contributed by atoms with E-state index < -0.39 is 0 Å². The van der Waals surface area contributed by atoms with Gasteiger partial charge in [-0.1, -0.05) is 0 Å². The molecule has 1 N–H and O–H groups in total. The number of ether oxygens (including phenoxy) is 1. The molecule has 0 bridgehead atoms. The van der Waals surface area contributed by atoms with Gasteiger partial charge in [-0.15, -0.1) is 11.3 Å². The maximum absolute atomic E-state index is 12.6. The number of carbonyl (C=O) groups excluding carboxylic acids is 2. The minimum absolute atomic E-state index is 0.0255. The third kappa shape index (κ3) is 3.52. The molecule has 3 fully saturated rings. The van der Waals surface area contributed by atoms with Crippen molar-refractivity contribution in [3.63, 3.8) is 0 Å². The number of amides is 3. The lowest BCUT2D eigenvalue weighted by molar-refractivity contribution is 0.0883. The highest BCUT2D eigenvalue weighted by Gasteiger charge is 2.51. The van der Waals surface area contributed by atoms with Crippen molar-refractivity contribution in [3.05, 3.63) is 16.3 Å². The van der Waals surface area contributed by atoms with Crippen LogP contribution in [0.1, 0.15) is 32.3 Å². The van der Waals surface area contributed by atoms with Gasteiger partial charge in [0.1, 0.15) is 6.10 Å². The predicted molar refractivity (Wildman–Crippen MR) is 105 cm³/mol. The van der Waals surface area contributed by atoms with E-state index in [1.807, 2.05) is 22.6 Å². The van der Waals surface area contributed by atoms with E-state index in [0.29, 0.717) is 19.1 Å². The van der Waals surface area contributed by atoms with E-state index in [9.17, 15) is 9.59 Å². The van der Waals surface area contributed by atoms with Crippen molar-refractivity contribution in [3.8, 4) is 0 Å². The molecule has 3 amide bonds. The summed E-state index contributed by atoms with van der Waals surface area (Å²) in [6, 6.07) is 0.610. The summed E-state index contributed by atoms with van der Waals surface area (Å²) in [6.45, 7) is 9.42. The summed E-state index contributed by atoms with van der Waals surface area (Å²) < 4.78 is 5.62. The summed E-state index contributed by atoms with van der Waals surface area (Å²) in [5.74, 6) is 0. The fraction of sp³-hybridized carbons (Fsp3) is 0.684. The number of carbonyl (C=O) groups is 2. The van der Waals surface area contributed by atoms with Crippen LogP contribution in [-0.4, -0.2) is 77.2 Å². The van der Waals surface area contributed by atoms with E-state index >= 15 is 0 Å². The number of rotatable bonds is 3. The first-order valence-corrected chi connectivity index (χ1v) is 10.7. The number of anilines is 1. The monoisotopic (exact) mass is 392 g/mol. The van der Waals surface area contributed by atoms with E-state index in [1.54, 1.807) is 16.2 Å². The second-order valence-corrected chi connectivity index (χ2v) is 8.80. The summed E-state index contributed by atoms with van der Waals surface area (Å²) in [7, 11) is 0. The van der Waals surface area contributed by atoms with Crippen molar-refractivity contribution in [2.75, 3.05) is 31.5 Å². The van der Waals surface area contributed by atoms with Crippen molar-refractivity contribution in [1.82, 2.24) is 14.7 Å². The van der Waals surface area contributed by atoms with Gasteiger partial charge in [-0.2, -0.15) is 0 Å². The first-order valence-electron chi connectivity index (χ1n) is 9.75. The van der Waals surface area contributed by atoms with Crippen LogP contribution in [-0.2, 0) is 4.74 Å². The van der Waals surface area contributed by atoms with Crippen molar-refractivity contribution in [2.45, 2.75) is 57.8 Å². The minimum atomic E-state index is -0.213. The maximum Gasteiger partial charge on any atom is 0.410 e. The normalized spacial score (nSPS) is 26.6. The Hall–Kier alpha value is -1.80. The average molecular weight is 393 g/mol. The number of thiophene rings is 1. The van der Waals surface area contributed by atoms with Gasteiger partial charge in [-0.3, -0.25) is 4.90 Å². The number of piperidine rings is 1. The van der Waals surface area contributed by atoms with Crippen LogP contribution in [0.4, 0.5) is 15.3 Å². The fourth-order valence-electron chi connectivity index (χ4n) is 4.41. The number of urea groups is 1. The second-order valence-electron chi connectivity index (χ2n) is 8.06. The van der Waals surface area contributed by atoms with E-state index in [0.717, 1.165) is 37.2 Å². The quantitative estimate of drug-likeness (QED) is 0.859. The molecule has 1 aromatic rings. The largest absolute Gasteiger partial charge is 0.442 e. The van der Waals surface area contributed by atoms with Crippen LogP contribution in [0.2, 0.25) is 0 Å². The van der Waals surface area contributed by atoms with Gasteiger partial charge in [-0.05, 0) is 44.6 Å². The lowest BCUT2D eigenvalue weighted by atomic mass is 10.0. The van der Waals surface area contributed by atoms with Crippen LogP contribution >= 0.6 is 11.3 Å². The molecule has 4 rings (SSSR count). The number of aryl methyl sites for hydroxylation is 1. The number of nitrogens with one attached hydrogen (secondary N) is 1. The zero-order chi connectivity index (χ0) is 19.1. The summed E-state index contributed by atoms with van der Waals surface area (Å²) in [4.78, 5) is 31.2. The lowest BCUT2D eigenvalue weighted by Gasteiger charge is -2.39. The highest BCUT2D eigenvalue weighted by molar-refractivity contribution is 7.08. The Kier molecular flexibility index (Phi) is 5.03. The topological polar surface area (TPSA) is 65.1 Å². The van der Waals surface area contributed by atoms with Gasteiger partial charge in [0.25, 0.3) is 0 Å². The van der Waals surface area contributed by atoms with Crippen LogP contribution in [0.3, 0.4) is 0 Å². The third-order valence-corrected chi connectivity index (χ3v) is 6.93. The summed E-state index contributed by atoms with van der Waals surface area (Å²) in [6.07, 6.45) is 1.52. The third-order valence-electron chi connectivity index (χ3n) is 6.06. The van der Waals surface area contributed by atoms with Crippen molar-refractivity contribution in [1.29, 1.82) is 0 Å². The van der Waals surface area contributed by atoms with Gasteiger partial charge in [0.2, 0.25) is 0 Å². The SMILES string of the molecule is Cc1cscc1NC(=O)N1C[C@@H]2OC(=O)N(C3CCN(C(C)C)CC3)[C@@H]2C1. The Morgan fingerprint density at radius 1 is 1.26 bits per heavy atom. The predicted octanol–water partition coefficient (Wildman–Crippen LogP) is 2.97. The first kappa shape index (κ1) is 18.6. The lowest BCUT2D eigenvalue weighted by Crippen LogP contribution is -2.51. The number of likely N-dealkylation sites (tertiary alicyclic amines) is 2. The first-order chi connectivity index (χ1) is 12.9. The second kappa shape index (κ2) is 7.31. The molecule has 0 saturated carbocycles. The van der Waals surface area contributed by atoms with Gasteiger partial charge in [0, 0.05) is 37.1 Å². The zero-order valence-corrected chi connectivity index (χ0v) is 17.0. The summed E-state index contributed by atoms with van der Waals surface area (Å²) in [5.41, 5.74) is 1.93. The molecule has 3 aliphatic rings. The van der Waals surface area contributed by atoms with Gasteiger partial charge < -0.3 is 19.9 Å². The van der Waals surface area contributed by atoms with Gasteiger partial charge in [0.15, 0.2) is 0 Å². The molecule has 0 aromatic carbocycles. The molecule has 4 heterocycles. The zero-order valence-electron chi connectivity index (χ0n) is 16.2. The van der Waals surface area contributed by atoms with Crippen molar-refractivity contribution in [2.24, 2.45) is 0 Å². The summed E-state index contributed by atoms with van der Waals surface area (Å²) >= 11 is 1.57. The summed E-state index contributed by atoms with van der Waals surface area (Å²) in [5, 5.41) is 6.94. The molecule has 3 aliphatic heterocycles. The van der Waals surface area contributed by atoms with Gasteiger partial charge in [0.05, 0.1) is 18.3 Å². The molecule has 0 spiro atoms. The Labute approximate surface area is 164 Å². The fourth-order valence-corrected chi connectivity index (χ4v) is 5.19. The van der Waals surface area contributed by atoms with Crippen molar-refractivity contribution < 1.29 is 14.3 Å². The Morgan fingerprint density at radius 2 is 2.00 bits per heavy atom. The molecule has 8 heteroatoms. The van der Waals surface area contributed by atoms with Crippen molar-refractivity contribution >= 4 is 29.1 Å². The van der Waals surface area contributed by atoms with Crippen LogP contribution in [0, 0.1) is 6.92 Å². The Bertz CT molecular complexity index is 714. The molecule has 1 aromatic heterocycles. The number of hydrogen-bond donors (Lipinski definition) is 1. The van der Waals surface area contributed by atoms with Crippen LogP contribution in [0.5, 0.6) is 0 Å². The van der Waals surface area contributed by atoms with E-state index in [1.165, 1.54) is 0 Å². The highest BCUT2D eigenvalue weighted by Crippen LogP contribution is 2.32. The molecule has 0 aliphatic carbocycles.